The Balaban J connectivity index is 1.84. The zero-order valence-corrected chi connectivity index (χ0v) is 12.6. The first-order chi connectivity index (χ1) is 11.2. The van der Waals surface area contributed by atoms with E-state index in [1.807, 2.05) is 60.7 Å². The summed E-state index contributed by atoms with van der Waals surface area (Å²) < 4.78 is 5.37. The van der Waals surface area contributed by atoms with Gasteiger partial charge in [0.1, 0.15) is 5.76 Å². The van der Waals surface area contributed by atoms with Gasteiger partial charge < -0.3 is 4.42 Å². The van der Waals surface area contributed by atoms with Gasteiger partial charge in [-0.1, -0.05) is 60.7 Å². The molecule has 3 heteroatoms. The molecule has 0 unspecified atom stereocenters. The van der Waals surface area contributed by atoms with Gasteiger partial charge in [-0.05, 0) is 18.1 Å². The van der Waals surface area contributed by atoms with E-state index in [9.17, 15) is 9.59 Å². The van der Waals surface area contributed by atoms with E-state index in [0.717, 1.165) is 11.1 Å². The summed E-state index contributed by atoms with van der Waals surface area (Å²) in [5.41, 5.74) is 2.01. The van der Waals surface area contributed by atoms with E-state index in [-0.39, 0.29) is 11.4 Å². The van der Waals surface area contributed by atoms with E-state index in [1.165, 1.54) is 6.07 Å². The van der Waals surface area contributed by atoms with Crippen LogP contribution in [0, 0.1) is 0 Å². The van der Waals surface area contributed by atoms with Crippen molar-refractivity contribution >= 4 is 5.78 Å². The minimum Gasteiger partial charge on any atom is -0.422 e. The quantitative estimate of drug-likeness (QED) is 0.666. The van der Waals surface area contributed by atoms with Crippen molar-refractivity contribution in [3.63, 3.8) is 0 Å². The fourth-order valence-corrected chi connectivity index (χ4v) is 2.49. The van der Waals surface area contributed by atoms with E-state index < -0.39 is 0 Å². The Hall–Kier alpha value is -2.94. The summed E-state index contributed by atoms with van der Waals surface area (Å²) >= 11 is 0. The van der Waals surface area contributed by atoms with E-state index in [1.54, 1.807) is 6.07 Å². The summed E-state index contributed by atoms with van der Waals surface area (Å²) in [5.74, 6) is 0.620. The molecule has 1 heterocycles. The predicted octanol–water partition coefficient (Wildman–Crippen LogP) is 4.12. The molecule has 0 aliphatic carbocycles. The van der Waals surface area contributed by atoms with E-state index in [2.05, 4.69) is 0 Å². The molecule has 0 saturated heterocycles. The predicted molar refractivity (Wildman–Crippen MR) is 89.5 cm³/mol. The molecule has 1 aromatic heterocycles. The monoisotopic (exact) mass is 304 g/mol. The molecular weight excluding hydrogens is 288 g/mol. The molecule has 23 heavy (non-hydrogen) atoms. The molecule has 0 N–H and O–H groups in total. The second-order valence-corrected chi connectivity index (χ2v) is 5.26. The maximum absolute atomic E-state index is 12.2. The highest BCUT2D eigenvalue weighted by atomic mass is 16.4. The molecule has 0 amide bonds. The van der Waals surface area contributed by atoms with E-state index in [4.69, 9.17) is 4.42 Å². The van der Waals surface area contributed by atoms with Gasteiger partial charge in [0.15, 0.2) is 5.78 Å². The van der Waals surface area contributed by atoms with Gasteiger partial charge in [0.05, 0.1) is 0 Å². The lowest BCUT2D eigenvalue weighted by molar-refractivity contribution is 0.0983. The molecule has 3 nitrogen and oxygen atoms in total. The standard InChI is InChI=1S/C20H16O3/c21-18(15-7-3-1-4-8-15)13-11-17-12-14-19(22)23-20(17)16-9-5-2-6-10-16/h1-10,12,14H,11,13H2. The van der Waals surface area contributed by atoms with Crippen LogP contribution in [0.15, 0.2) is 82.0 Å². The van der Waals surface area contributed by atoms with Crippen molar-refractivity contribution in [3.05, 3.63) is 94.3 Å². The molecule has 0 saturated carbocycles. The number of benzene rings is 2. The van der Waals surface area contributed by atoms with Gasteiger partial charge in [-0.2, -0.15) is 0 Å². The van der Waals surface area contributed by atoms with Crippen molar-refractivity contribution in [1.82, 2.24) is 0 Å². The SMILES string of the molecule is O=C(CCc1ccc(=O)oc1-c1ccccc1)c1ccccc1. The highest BCUT2D eigenvalue weighted by Crippen LogP contribution is 2.23. The number of carbonyl (C=O) groups excluding carboxylic acids is 1. The molecule has 3 rings (SSSR count). The summed E-state index contributed by atoms with van der Waals surface area (Å²) in [6.07, 6.45) is 0.902. The molecular formula is C20H16O3. The average molecular weight is 304 g/mol. The van der Waals surface area contributed by atoms with Crippen molar-refractivity contribution in [1.29, 1.82) is 0 Å². The van der Waals surface area contributed by atoms with E-state index >= 15 is 0 Å². The Bertz CT molecular complexity index is 849. The lowest BCUT2D eigenvalue weighted by Gasteiger charge is -2.07. The van der Waals surface area contributed by atoms with Crippen molar-refractivity contribution in [2.24, 2.45) is 0 Å². The Kier molecular flexibility index (Phi) is 4.48. The van der Waals surface area contributed by atoms with Crippen LogP contribution in [0.1, 0.15) is 22.3 Å². The van der Waals surface area contributed by atoms with Crippen molar-refractivity contribution in [3.8, 4) is 11.3 Å². The van der Waals surface area contributed by atoms with Gasteiger partial charge in [-0.15, -0.1) is 0 Å². The maximum atomic E-state index is 12.2. The molecule has 0 fully saturated rings. The molecule has 2 aromatic carbocycles. The van der Waals surface area contributed by atoms with Crippen LogP contribution in [-0.2, 0) is 6.42 Å². The van der Waals surface area contributed by atoms with Gasteiger partial charge in [0.25, 0.3) is 0 Å². The van der Waals surface area contributed by atoms with Crippen LogP contribution < -0.4 is 5.63 Å². The third kappa shape index (κ3) is 3.64. The van der Waals surface area contributed by atoms with Crippen molar-refractivity contribution in [2.45, 2.75) is 12.8 Å². The van der Waals surface area contributed by atoms with Crippen LogP contribution in [0.4, 0.5) is 0 Å². The van der Waals surface area contributed by atoms with Gasteiger partial charge in [-0.25, -0.2) is 4.79 Å². The molecule has 3 aromatic rings. The number of hydrogen-bond acceptors (Lipinski definition) is 3. The molecule has 0 radical (unpaired) electrons. The summed E-state index contributed by atoms with van der Waals surface area (Å²) in [4.78, 5) is 23.8. The Morgan fingerprint density at radius 3 is 2.17 bits per heavy atom. The van der Waals surface area contributed by atoms with Crippen LogP contribution in [0.2, 0.25) is 0 Å². The van der Waals surface area contributed by atoms with Gasteiger partial charge in [-0.3, -0.25) is 4.79 Å². The first kappa shape index (κ1) is 15.0. The second kappa shape index (κ2) is 6.88. The second-order valence-electron chi connectivity index (χ2n) is 5.26. The Morgan fingerprint density at radius 1 is 0.826 bits per heavy atom. The van der Waals surface area contributed by atoms with Gasteiger partial charge >= 0.3 is 5.63 Å². The molecule has 114 valence electrons. The first-order valence-corrected chi connectivity index (χ1v) is 7.51. The van der Waals surface area contributed by atoms with Crippen LogP contribution in [0.3, 0.4) is 0 Å². The van der Waals surface area contributed by atoms with Crippen molar-refractivity contribution < 1.29 is 9.21 Å². The van der Waals surface area contributed by atoms with E-state index in [0.29, 0.717) is 24.2 Å². The smallest absolute Gasteiger partial charge is 0.336 e. The topological polar surface area (TPSA) is 47.3 Å². The average Bonchev–Trinajstić information content (AvgIpc) is 2.62. The molecule has 0 bridgehead atoms. The lowest BCUT2D eigenvalue weighted by Crippen LogP contribution is -2.04. The normalized spacial score (nSPS) is 10.4. The first-order valence-electron chi connectivity index (χ1n) is 7.51. The fourth-order valence-electron chi connectivity index (χ4n) is 2.49. The third-order valence-corrected chi connectivity index (χ3v) is 3.67. The molecule has 0 atom stereocenters. The zero-order chi connectivity index (χ0) is 16.1. The minimum absolute atomic E-state index is 0.0795. The van der Waals surface area contributed by atoms with Gasteiger partial charge in [0, 0.05) is 23.6 Å². The summed E-state index contributed by atoms with van der Waals surface area (Å²) in [5, 5.41) is 0. The van der Waals surface area contributed by atoms with Gasteiger partial charge in [0.2, 0.25) is 0 Å². The third-order valence-electron chi connectivity index (χ3n) is 3.67. The molecule has 0 aliphatic rings. The van der Waals surface area contributed by atoms with Crippen LogP contribution in [0.5, 0.6) is 0 Å². The highest BCUT2D eigenvalue weighted by molar-refractivity contribution is 5.96. The van der Waals surface area contributed by atoms with Crippen LogP contribution in [-0.4, -0.2) is 5.78 Å². The van der Waals surface area contributed by atoms with Crippen molar-refractivity contribution in [2.75, 3.05) is 0 Å². The zero-order valence-electron chi connectivity index (χ0n) is 12.6. The lowest BCUT2D eigenvalue weighted by atomic mass is 10.00. The highest BCUT2D eigenvalue weighted by Gasteiger charge is 2.11. The number of carbonyl (C=O) groups is 1. The summed E-state index contributed by atoms with van der Waals surface area (Å²) in [6.45, 7) is 0. The number of hydrogen-bond donors (Lipinski definition) is 0. The number of rotatable bonds is 5. The molecule has 0 spiro atoms. The van der Waals surface area contributed by atoms with Crippen LogP contribution in [0.25, 0.3) is 11.3 Å². The number of Topliss-reactive ketones (excluding diaryl/α,β-unsaturated/α-hetero) is 1. The Labute approximate surface area is 134 Å². The summed E-state index contributed by atoms with van der Waals surface area (Å²) in [7, 11) is 0. The summed E-state index contributed by atoms with van der Waals surface area (Å²) in [6, 6.07) is 21.8. The molecule has 0 aliphatic heterocycles. The Morgan fingerprint density at radius 2 is 1.48 bits per heavy atom. The minimum atomic E-state index is -0.387. The number of ketones is 1. The van der Waals surface area contributed by atoms with Crippen LogP contribution >= 0.6 is 0 Å². The fraction of sp³-hybridized carbons (Fsp3) is 0.100. The number of aryl methyl sites for hydroxylation is 1. The largest absolute Gasteiger partial charge is 0.422 e. The maximum Gasteiger partial charge on any atom is 0.336 e.